The number of carbonyl (C=O) groups excluding carboxylic acids is 2. The molecule has 1 atom stereocenters. The van der Waals surface area contributed by atoms with Crippen molar-refractivity contribution in [3.8, 4) is 5.75 Å². The molecule has 1 unspecified atom stereocenters. The van der Waals surface area contributed by atoms with Crippen LogP contribution in [-0.4, -0.2) is 57.4 Å². The number of amides is 2. The van der Waals surface area contributed by atoms with Crippen molar-refractivity contribution in [1.82, 2.24) is 10.2 Å². The lowest BCUT2D eigenvalue weighted by Gasteiger charge is -2.33. The van der Waals surface area contributed by atoms with Crippen LogP contribution >= 0.6 is 0 Å². The van der Waals surface area contributed by atoms with Gasteiger partial charge < -0.3 is 15.0 Å². The van der Waals surface area contributed by atoms with Gasteiger partial charge in [0.15, 0.2) is 0 Å². The summed E-state index contributed by atoms with van der Waals surface area (Å²) in [5.41, 5.74) is 1.24. The van der Waals surface area contributed by atoms with Gasteiger partial charge in [0, 0.05) is 12.6 Å². The maximum Gasteiger partial charge on any atom is 0.264 e. The zero-order valence-electron chi connectivity index (χ0n) is 22.9. The van der Waals surface area contributed by atoms with Gasteiger partial charge in [-0.15, -0.1) is 0 Å². The number of hydrogen-bond donors (Lipinski definition) is 1. The minimum atomic E-state index is -4.15. The van der Waals surface area contributed by atoms with Gasteiger partial charge in [0.05, 0.1) is 17.7 Å². The Morgan fingerprint density at radius 1 is 0.897 bits per heavy atom. The predicted octanol–water partition coefficient (Wildman–Crippen LogP) is 4.27. The highest BCUT2D eigenvalue weighted by atomic mass is 32.2. The first kappa shape index (κ1) is 29.7. The van der Waals surface area contributed by atoms with Crippen molar-refractivity contribution in [2.75, 3.05) is 24.5 Å². The van der Waals surface area contributed by atoms with E-state index in [0.717, 1.165) is 9.87 Å². The molecule has 3 aromatic rings. The summed E-state index contributed by atoms with van der Waals surface area (Å²) < 4.78 is 34.3. The van der Waals surface area contributed by atoms with E-state index in [4.69, 9.17) is 4.74 Å². The normalized spacial score (nSPS) is 12.0. The highest BCUT2D eigenvalue weighted by molar-refractivity contribution is 7.92. The Morgan fingerprint density at radius 3 is 2.08 bits per heavy atom. The number of nitrogens with one attached hydrogen (secondary N) is 1. The minimum Gasteiger partial charge on any atom is -0.495 e. The summed E-state index contributed by atoms with van der Waals surface area (Å²) in [6, 6.07) is 23.4. The van der Waals surface area contributed by atoms with Gasteiger partial charge in [-0.3, -0.25) is 13.9 Å². The van der Waals surface area contributed by atoms with Gasteiger partial charge in [0.25, 0.3) is 10.0 Å². The van der Waals surface area contributed by atoms with Crippen molar-refractivity contribution in [1.29, 1.82) is 0 Å². The molecule has 3 aromatic carbocycles. The molecular formula is C30H37N3O5S. The molecule has 9 heteroatoms. The molecule has 0 saturated heterocycles. The van der Waals surface area contributed by atoms with Crippen LogP contribution in [0.25, 0.3) is 0 Å². The molecule has 0 aliphatic rings. The van der Waals surface area contributed by atoms with Gasteiger partial charge in [0.1, 0.15) is 18.3 Å². The third kappa shape index (κ3) is 7.60. The van der Waals surface area contributed by atoms with Crippen LogP contribution in [0.15, 0.2) is 89.8 Å². The number of sulfonamides is 1. The fourth-order valence-corrected chi connectivity index (χ4v) is 5.79. The summed E-state index contributed by atoms with van der Waals surface area (Å²) in [7, 11) is -2.70. The van der Waals surface area contributed by atoms with E-state index >= 15 is 0 Å². The number of methoxy groups -OCH3 is 1. The van der Waals surface area contributed by atoms with Crippen molar-refractivity contribution in [3.05, 3.63) is 90.5 Å². The van der Waals surface area contributed by atoms with E-state index in [0.29, 0.717) is 18.6 Å². The highest BCUT2D eigenvalue weighted by Crippen LogP contribution is 2.32. The van der Waals surface area contributed by atoms with Crippen molar-refractivity contribution >= 4 is 27.5 Å². The van der Waals surface area contributed by atoms with Crippen LogP contribution in [0, 0.1) is 0 Å². The molecule has 8 nitrogen and oxygen atoms in total. The summed E-state index contributed by atoms with van der Waals surface area (Å²) in [6.07, 6.45) is 0.886. The standard InChI is InChI=1S/C30H37N3O5S/c1-5-26(30(35)31-23(2)3)32(21-20-24-14-8-6-9-15-24)29(34)22-33(27-18-12-13-19-28(27)38-4)39(36,37)25-16-10-7-11-17-25/h6-19,23,26H,5,20-22H2,1-4H3,(H,31,35). The van der Waals surface area contributed by atoms with Crippen molar-refractivity contribution in [3.63, 3.8) is 0 Å². The molecule has 39 heavy (non-hydrogen) atoms. The Hall–Kier alpha value is -3.85. The second kappa shape index (κ2) is 13.8. The molecule has 2 amide bonds. The molecule has 0 saturated carbocycles. The molecule has 0 heterocycles. The minimum absolute atomic E-state index is 0.0455. The summed E-state index contributed by atoms with van der Waals surface area (Å²) in [6.45, 7) is 5.30. The first-order chi connectivity index (χ1) is 18.7. The van der Waals surface area contributed by atoms with Gasteiger partial charge in [-0.1, -0.05) is 67.6 Å². The number of benzene rings is 3. The Labute approximate surface area is 231 Å². The lowest BCUT2D eigenvalue weighted by Crippen LogP contribution is -2.54. The topological polar surface area (TPSA) is 96.0 Å². The first-order valence-corrected chi connectivity index (χ1v) is 14.5. The van der Waals surface area contributed by atoms with Crippen molar-refractivity contribution in [2.45, 2.75) is 50.6 Å². The van der Waals surface area contributed by atoms with E-state index in [-0.39, 0.29) is 29.1 Å². The largest absolute Gasteiger partial charge is 0.495 e. The predicted molar refractivity (Wildman–Crippen MR) is 153 cm³/mol. The molecule has 208 valence electrons. The molecule has 0 radical (unpaired) electrons. The van der Waals surface area contributed by atoms with Crippen LogP contribution in [0.2, 0.25) is 0 Å². The van der Waals surface area contributed by atoms with Gasteiger partial charge in [0.2, 0.25) is 11.8 Å². The summed E-state index contributed by atoms with van der Waals surface area (Å²) in [4.78, 5) is 28.7. The average Bonchev–Trinajstić information content (AvgIpc) is 2.94. The van der Waals surface area contributed by atoms with Gasteiger partial charge in [-0.05, 0) is 56.5 Å². The summed E-state index contributed by atoms with van der Waals surface area (Å²) >= 11 is 0. The first-order valence-electron chi connectivity index (χ1n) is 13.0. The van der Waals surface area contributed by atoms with Crippen molar-refractivity contribution < 1.29 is 22.7 Å². The number of rotatable bonds is 13. The molecule has 0 aromatic heterocycles. The van der Waals surface area contributed by atoms with Gasteiger partial charge in [-0.2, -0.15) is 0 Å². The lowest BCUT2D eigenvalue weighted by atomic mass is 10.1. The molecule has 3 rings (SSSR count). The Kier molecular flexibility index (Phi) is 10.5. The Morgan fingerprint density at radius 2 is 1.49 bits per heavy atom. The van der Waals surface area contributed by atoms with E-state index in [2.05, 4.69) is 5.32 Å². The van der Waals surface area contributed by atoms with Gasteiger partial charge in [-0.25, -0.2) is 8.42 Å². The number of ether oxygens (including phenoxy) is 1. The van der Waals surface area contributed by atoms with E-state index < -0.39 is 28.5 Å². The number of hydrogen-bond acceptors (Lipinski definition) is 5. The highest BCUT2D eigenvalue weighted by Gasteiger charge is 2.34. The zero-order valence-corrected chi connectivity index (χ0v) is 23.7. The van der Waals surface area contributed by atoms with Crippen LogP contribution in [0.3, 0.4) is 0 Å². The van der Waals surface area contributed by atoms with E-state index in [9.17, 15) is 18.0 Å². The molecular weight excluding hydrogens is 514 g/mol. The van der Waals surface area contributed by atoms with Crippen LogP contribution in [0.1, 0.15) is 32.8 Å². The average molecular weight is 552 g/mol. The number of para-hydroxylation sites is 2. The smallest absolute Gasteiger partial charge is 0.264 e. The lowest BCUT2D eigenvalue weighted by molar-refractivity contribution is -0.139. The van der Waals surface area contributed by atoms with Crippen LogP contribution in [0.4, 0.5) is 5.69 Å². The SMILES string of the molecule is CCC(C(=O)NC(C)C)N(CCc1ccccc1)C(=O)CN(c1ccccc1OC)S(=O)(=O)c1ccccc1. The number of nitrogens with zero attached hydrogens (tertiary/aromatic N) is 2. The third-order valence-corrected chi connectivity index (χ3v) is 8.04. The Balaban J connectivity index is 2.03. The molecule has 0 bridgehead atoms. The number of anilines is 1. The summed E-state index contributed by atoms with van der Waals surface area (Å²) in [5.74, 6) is -0.448. The number of carbonyl (C=O) groups is 2. The molecule has 0 spiro atoms. The second-order valence-electron chi connectivity index (χ2n) is 9.41. The van der Waals surface area contributed by atoms with Crippen LogP contribution in [0.5, 0.6) is 5.75 Å². The van der Waals surface area contributed by atoms with Crippen LogP contribution < -0.4 is 14.4 Å². The Bertz CT molecular complexity index is 1330. The third-order valence-electron chi connectivity index (χ3n) is 6.26. The molecule has 0 aliphatic carbocycles. The second-order valence-corrected chi connectivity index (χ2v) is 11.3. The molecule has 0 fully saturated rings. The fraction of sp³-hybridized carbons (Fsp3) is 0.333. The monoisotopic (exact) mass is 551 g/mol. The van der Waals surface area contributed by atoms with E-state index in [1.807, 2.05) is 51.1 Å². The fourth-order valence-electron chi connectivity index (χ4n) is 4.35. The molecule has 0 aliphatic heterocycles. The van der Waals surface area contributed by atoms with Gasteiger partial charge >= 0.3 is 0 Å². The maximum atomic E-state index is 14.0. The van der Waals surface area contributed by atoms with E-state index in [1.165, 1.54) is 24.1 Å². The maximum absolute atomic E-state index is 14.0. The summed E-state index contributed by atoms with van der Waals surface area (Å²) in [5, 5.41) is 2.90. The zero-order chi connectivity index (χ0) is 28.4. The molecule has 1 N–H and O–H groups in total. The van der Waals surface area contributed by atoms with Crippen molar-refractivity contribution in [2.24, 2.45) is 0 Å². The van der Waals surface area contributed by atoms with E-state index in [1.54, 1.807) is 42.5 Å². The quantitative estimate of drug-likeness (QED) is 0.342. The van der Waals surface area contributed by atoms with Crippen LogP contribution in [-0.2, 0) is 26.0 Å².